The van der Waals surface area contributed by atoms with E-state index in [2.05, 4.69) is 32.2 Å². The Morgan fingerprint density at radius 3 is 2.61 bits per heavy atom. The van der Waals surface area contributed by atoms with Crippen LogP contribution in [0.4, 0.5) is 0 Å². The third-order valence-electron chi connectivity index (χ3n) is 3.87. The molecular formula is C15H29NO2. The summed E-state index contributed by atoms with van der Waals surface area (Å²) in [6, 6.07) is 0.506. The Kier molecular flexibility index (Phi) is 6.90. The fraction of sp³-hybridized carbons (Fsp3) is 0.867. The molecule has 18 heavy (non-hydrogen) atoms. The van der Waals surface area contributed by atoms with Gasteiger partial charge in [-0.15, -0.1) is 0 Å². The van der Waals surface area contributed by atoms with Crippen LogP contribution in [-0.4, -0.2) is 37.5 Å². The lowest BCUT2D eigenvalue weighted by Gasteiger charge is -2.36. The molecule has 1 aliphatic heterocycles. The monoisotopic (exact) mass is 255 g/mol. The van der Waals surface area contributed by atoms with E-state index >= 15 is 0 Å². The number of aliphatic hydroxyl groups is 1. The van der Waals surface area contributed by atoms with Crippen molar-refractivity contribution in [2.45, 2.75) is 52.5 Å². The fourth-order valence-corrected chi connectivity index (χ4v) is 2.31. The molecule has 0 amide bonds. The minimum absolute atomic E-state index is 0.0447. The van der Waals surface area contributed by atoms with E-state index in [9.17, 15) is 5.11 Å². The molecule has 0 aromatic carbocycles. The van der Waals surface area contributed by atoms with Crippen molar-refractivity contribution in [2.75, 3.05) is 26.4 Å². The van der Waals surface area contributed by atoms with E-state index in [0.717, 1.165) is 45.4 Å². The van der Waals surface area contributed by atoms with Gasteiger partial charge in [-0.3, -0.25) is 0 Å². The molecule has 1 fully saturated rings. The predicted molar refractivity (Wildman–Crippen MR) is 75.7 cm³/mol. The smallest absolute Gasteiger partial charge is 0.0501 e. The molecule has 2 N–H and O–H groups in total. The van der Waals surface area contributed by atoms with Crippen LogP contribution in [-0.2, 0) is 4.74 Å². The van der Waals surface area contributed by atoms with Gasteiger partial charge in [-0.1, -0.05) is 11.6 Å². The van der Waals surface area contributed by atoms with Crippen molar-refractivity contribution < 1.29 is 9.84 Å². The Bertz CT molecular complexity index is 253. The molecular weight excluding hydrogens is 226 g/mol. The largest absolute Gasteiger partial charge is 0.396 e. The van der Waals surface area contributed by atoms with Crippen LogP contribution in [0.1, 0.15) is 46.5 Å². The number of ether oxygens (including phenoxy) is 1. The van der Waals surface area contributed by atoms with Gasteiger partial charge in [-0.05, 0) is 46.5 Å². The zero-order chi connectivity index (χ0) is 13.4. The van der Waals surface area contributed by atoms with Gasteiger partial charge in [-0.2, -0.15) is 0 Å². The van der Waals surface area contributed by atoms with Crippen molar-refractivity contribution in [1.29, 1.82) is 0 Å². The lowest BCUT2D eigenvalue weighted by Crippen LogP contribution is -2.44. The van der Waals surface area contributed by atoms with Crippen molar-refractivity contribution >= 4 is 0 Å². The van der Waals surface area contributed by atoms with E-state index in [1.807, 2.05) is 0 Å². The second kappa shape index (κ2) is 7.93. The Morgan fingerprint density at radius 2 is 2.06 bits per heavy atom. The van der Waals surface area contributed by atoms with Gasteiger partial charge in [0.05, 0.1) is 6.61 Å². The van der Waals surface area contributed by atoms with E-state index in [4.69, 9.17) is 4.74 Å². The summed E-state index contributed by atoms with van der Waals surface area (Å²) in [6.45, 7) is 9.25. The maximum absolute atomic E-state index is 9.60. The van der Waals surface area contributed by atoms with Crippen molar-refractivity contribution in [1.82, 2.24) is 5.32 Å². The Labute approximate surface area is 112 Å². The SMILES string of the molecule is CC(C)=CCCC(C)NCC1(CO)CCOCC1. The van der Waals surface area contributed by atoms with Crippen LogP contribution in [0.2, 0.25) is 0 Å². The summed E-state index contributed by atoms with van der Waals surface area (Å²) in [5, 5.41) is 13.2. The molecule has 0 spiro atoms. The van der Waals surface area contributed by atoms with E-state index in [0.29, 0.717) is 6.04 Å². The molecule has 1 heterocycles. The maximum atomic E-state index is 9.60. The molecule has 0 aromatic rings. The highest BCUT2D eigenvalue weighted by atomic mass is 16.5. The highest BCUT2D eigenvalue weighted by Crippen LogP contribution is 2.29. The number of hydrogen-bond donors (Lipinski definition) is 2. The summed E-state index contributed by atoms with van der Waals surface area (Å²) in [6.07, 6.45) is 6.51. The molecule has 1 aliphatic rings. The Balaban J connectivity index is 2.27. The predicted octanol–water partition coefficient (Wildman–Crippen LogP) is 2.50. The molecule has 0 aliphatic carbocycles. The molecule has 106 valence electrons. The molecule has 1 unspecified atom stereocenters. The van der Waals surface area contributed by atoms with Crippen molar-refractivity contribution in [3.05, 3.63) is 11.6 Å². The molecule has 1 saturated heterocycles. The highest BCUT2D eigenvalue weighted by molar-refractivity contribution is 4.93. The van der Waals surface area contributed by atoms with Crippen LogP contribution < -0.4 is 5.32 Å². The van der Waals surface area contributed by atoms with Gasteiger partial charge in [0.25, 0.3) is 0 Å². The van der Waals surface area contributed by atoms with E-state index in [1.165, 1.54) is 5.57 Å². The second-order valence-corrected chi connectivity index (χ2v) is 5.91. The van der Waals surface area contributed by atoms with Crippen LogP contribution in [0.15, 0.2) is 11.6 Å². The average Bonchev–Trinajstić information content (AvgIpc) is 2.37. The van der Waals surface area contributed by atoms with E-state index in [-0.39, 0.29) is 12.0 Å². The topological polar surface area (TPSA) is 41.5 Å². The Hall–Kier alpha value is -0.380. The van der Waals surface area contributed by atoms with Gasteiger partial charge in [0.15, 0.2) is 0 Å². The average molecular weight is 255 g/mol. The van der Waals surface area contributed by atoms with Gasteiger partial charge in [0.1, 0.15) is 0 Å². The Morgan fingerprint density at radius 1 is 1.39 bits per heavy atom. The molecule has 1 rings (SSSR count). The summed E-state index contributed by atoms with van der Waals surface area (Å²) in [7, 11) is 0. The van der Waals surface area contributed by atoms with Crippen molar-refractivity contribution in [2.24, 2.45) is 5.41 Å². The summed E-state index contributed by atoms with van der Waals surface area (Å²) in [5.41, 5.74) is 1.43. The third kappa shape index (κ3) is 5.51. The van der Waals surface area contributed by atoms with Crippen LogP contribution in [0.3, 0.4) is 0 Å². The molecule has 1 atom stereocenters. The third-order valence-corrected chi connectivity index (χ3v) is 3.87. The van der Waals surface area contributed by atoms with E-state index in [1.54, 1.807) is 0 Å². The second-order valence-electron chi connectivity index (χ2n) is 5.91. The molecule has 3 nitrogen and oxygen atoms in total. The summed E-state index contributed by atoms with van der Waals surface area (Å²) < 4.78 is 5.38. The zero-order valence-electron chi connectivity index (χ0n) is 12.2. The van der Waals surface area contributed by atoms with Gasteiger partial charge < -0.3 is 15.2 Å². The minimum atomic E-state index is 0.0447. The number of nitrogens with one attached hydrogen (secondary N) is 1. The molecule has 0 aromatic heterocycles. The first-order chi connectivity index (χ1) is 8.58. The minimum Gasteiger partial charge on any atom is -0.396 e. The lowest BCUT2D eigenvalue weighted by molar-refractivity contribution is -0.0163. The number of aliphatic hydroxyl groups excluding tert-OH is 1. The summed E-state index contributed by atoms with van der Waals surface area (Å²) in [5.74, 6) is 0. The summed E-state index contributed by atoms with van der Waals surface area (Å²) in [4.78, 5) is 0. The van der Waals surface area contributed by atoms with Gasteiger partial charge in [0, 0.05) is 31.2 Å². The van der Waals surface area contributed by atoms with Crippen LogP contribution in [0.25, 0.3) is 0 Å². The van der Waals surface area contributed by atoms with Gasteiger partial charge >= 0.3 is 0 Å². The van der Waals surface area contributed by atoms with Crippen molar-refractivity contribution in [3.63, 3.8) is 0 Å². The molecule has 0 radical (unpaired) electrons. The van der Waals surface area contributed by atoms with E-state index < -0.39 is 0 Å². The first-order valence-electron chi connectivity index (χ1n) is 7.13. The normalized spacial score (nSPS) is 20.4. The quantitative estimate of drug-likeness (QED) is 0.687. The number of hydrogen-bond acceptors (Lipinski definition) is 3. The fourth-order valence-electron chi connectivity index (χ4n) is 2.31. The standard InChI is InChI=1S/C15H29NO2/c1-13(2)5-4-6-14(3)16-11-15(12-17)7-9-18-10-8-15/h5,14,16-17H,4,6-12H2,1-3H3. The first kappa shape index (κ1) is 15.7. The molecule has 3 heteroatoms. The van der Waals surface area contributed by atoms with Crippen LogP contribution >= 0.6 is 0 Å². The van der Waals surface area contributed by atoms with Gasteiger partial charge in [-0.25, -0.2) is 0 Å². The van der Waals surface area contributed by atoms with Crippen LogP contribution in [0.5, 0.6) is 0 Å². The maximum Gasteiger partial charge on any atom is 0.0501 e. The zero-order valence-corrected chi connectivity index (χ0v) is 12.2. The highest BCUT2D eigenvalue weighted by Gasteiger charge is 2.31. The first-order valence-corrected chi connectivity index (χ1v) is 7.13. The molecule has 0 saturated carbocycles. The number of rotatable bonds is 7. The van der Waals surface area contributed by atoms with Crippen LogP contribution in [0, 0.1) is 5.41 Å². The molecule has 0 bridgehead atoms. The van der Waals surface area contributed by atoms with Crippen molar-refractivity contribution in [3.8, 4) is 0 Å². The number of allylic oxidation sites excluding steroid dienone is 2. The summed E-state index contributed by atoms with van der Waals surface area (Å²) >= 11 is 0. The lowest BCUT2D eigenvalue weighted by atomic mass is 9.81. The van der Waals surface area contributed by atoms with Gasteiger partial charge in [0.2, 0.25) is 0 Å².